The highest BCUT2D eigenvalue weighted by Gasteiger charge is 2.17. The van der Waals surface area contributed by atoms with Gasteiger partial charge in [0.05, 0.1) is 6.54 Å². The summed E-state index contributed by atoms with van der Waals surface area (Å²) >= 11 is 0. The van der Waals surface area contributed by atoms with Gasteiger partial charge >= 0.3 is 11.8 Å². The smallest absolute Gasteiger partial charge is 0.309 e. The lowest BCUT2D eigenvalue weighted by atomic mass is 10.2. The molecule has 1 unspecified atom stereocenters. The highest BCUT2D eigenvalue weighted by atomic mass is 16.4. The zero-order chi connectivity index (χ0) is 14.4. The van der Waals surface area contributed by atoms with Crippen LogP contribution in [-0.2, 0) is 9.59 Å². The Kier molecular flexibility index (Phi) is 5.57. The van der Waals surface area contributed by atoms with Gasteiger partial charge in [-0.2, -0.15) is 0 Å². The fourth-order valence-corrected chi connectivity index (χ4v) is 1.38. The van der Waals surface area contributed by atoms with E-state index in [4.69, 9.17) is 4.42 Å². The fourth-order valence-electron chi connectivity index (χ4n) is 1.38. The summed E-state index contributed by atoms with van der Waals surface area (Å²) in [5.74, 6) is -0.150. The molecule has 1 atom stereocenters. The van der Waals surface area contributed by atoms with Crippen molar-refractivity contribution >= 4 is 11.8 Å². The minimum absolute atomic E-state index is 0.0686. The first-order valence-corrected chi connectivity index (χ1v) is 6.20. The van der Waals surface area contributed by atoms with Gasteiger partial charge in [0, 0.05) is 6.54 Å². The van der Waals surface area contributed by atoms with Gasteiger partial charge < -0.3 is 20.2 Å². The maximum absolute atomic E-state index is 11.4. The summed E-state index contributed by atoms with van der Waals surface area (Å²) in [5, 5.41) is 14.6. The first-order chi connectivity index (χ1) is 8.90. The quantitative estimate of drug-likeness (QED) is 0.678. The molecule has 0 aliphatic heterocycles. The van der Waals surface area contributed by atoms with Gasteiger partial charge in [-0.1, -0.05) is 13.8 Å². The molecule has 0 aliphatic carbocycles. The standard InChI is InChI=1S/C13H20N2O4/c1-8(2)6-14-12(17)13(18)15-7-10(16)11-5-4-9(3)19-11/h4-5,8,10,16H,6-7H2,1-3H3,(H,14,17)(H,15,18). The van der Waals surface area contributed by atoms with E-state index in [1.807, 2.05) is 13.8 Å². The van der Waals surface area contributed by atoms with Crippen LogP contribution in [0.4, 0.5) is 0 Å². The molecular formula is C13H20N2O4. The monoisotopic (exact) mass is 268 g/mol. The number of hydrogen-bond acceptors (Lipinski definition) is 4. The van der Waals surface area contributed by atoms with E-state index in [0.717, 1.165) is 0 Å². The summed E-state index contributed by atoms with van der Waals surface area (Å²) in [6, 6.07) is 3.35. The SMILES string of the molecule is Cc1ccc(C(O)CNC(=O)C(=O)NCC(C)C)o1. The first-order valence-electron chi connectivity index (χ1n) is 6.20. The Morgan fingerprint density at radius 3 is 2.26 bits per heavy atom. The van der Waals surface area contributed by atoms with E-state index in [0.29, 0.717) is 18.1 Å². The van der Waals surface area contributed by atoms with Crippen LogP contribution in [0.2, 0.25) is 0 Å². The Bertz CT molecular complexity index is 440. The third-order valence-electron chi connectivity index (χ3n) is 2.42. The number of hydrogen-bond donors (Lipinski definition) is 3. The van der Waals surface area contributed by atoms with Crippen LogP contribution in [0.5, 0.6) is 0 Å². The van der Waals surface area contributed by atoms with Gasteiger partial charge in [-0.05, 0) is 25.0 Å². The summed E-state index contributed by atoms with van der Waals surface area (Å²) in [7, 11) is 0. The van der Waals surface area contributed by atoms with Gasteiger partial charge in [0.25, 0.3) is 0 Å². The van der Waals surface area contributed by atoms with Gasteiger partial charge in [-0.3, -0.25) is 9.59 Å². The molecular weight excluding hydrogens is 248 g/mol. The zero-order valence-corrected chi connectivity index (χ0v) is 11.4. The number of aliphatic hydroxyl groups is 1. The molecule has 1 aromatic heterocycles. The lowest BCUT2D eigenvalue weighted by molar-refractivity contribution is -0.139. The third kappa shape index (κ3) is 5.13. The summed E-state index contributed by atoms with van der Waals surface area (Å²) in [6.45, 7) is 5.99. The Morgan fingerprint density at radius 2 is 1.79 bits per heavy atom. The van der Waals surface area contributed by atoms with Crippen LogP contribution in [0.3, 0.4) is 0 Å². The zero-order valence-electron chi connectivity index (χ0n) is 11.4. The number of carbonyl (C=O) groups excluding carboxylic acids is 2. The van der Waals surface area contributed by atoms with E-state index in [-0.39, 0.29) is 12.5 Å². The Hall–Kier alpha value is -1.82. The molecule has 0 spiro atoms. The molecule has 0 bridgehead atoms. The number of nitrogens with one attached hydrogen (secondary N) is 2. The summed E-state index contributed by atoms with van der Waals surface area (Å²) in [5.41, 5.74) is 0. The lowest BCUT2D eigenvalue weighted by Gasteiger charge is -2.10. The molecule has 2 amide bonds. The molecule has 106 valence electrons. The van der Waals surface area contributed by atoms with Crippen molar-refractivity contribution in [3.05, 3.63) is 23.7 Å². The summed E-state index contributed by atoms with van der Waals surface area (Å²) in [6.07, 6.45) is -0.962. The predicted octanol–water partition coefficient (Wildman–Crippen LogP) is 0.510. The molecule has 0 aromatic carbocycles. The van der Waals surface area contributed by atoms with Crippen molar-refractivity contribution in [1.29, 1.82) is 0 Å². The van der Waals surface area contributed by atoms with Crippen LogP contribution in [-0.4, -0.2) is 30.0 Å². The maximum atomic E-state index is 11.4. The lowest BCUT2D eigenvalue weighted by Crippen LogP contribution is -2.42. The largest absolute Gasteiger partial charge is 0.464 e. The number of furan rings is 1. The fraction of sp³-hybridized carbons (Fsp3) is 0.538. The number of rotatable bonds is 5. The minimum atomic E-state index is -0.962. The third-order valence-corrected chi connectivity index (χ3v) is 2.42. The van der Waals surface area contributed by atoms with Gasteiger partial charge in [0.1, 0.15) is 17.6 Å². The van der Waals surface area contributed by atoms with Crippen molar-refractivity contribution < 1.29 is 19.1 Å². The molecule has 1 rings (SSSR count). The average Bonchev–Trinajstić information content (AvgIpc) is 2.79. The number of aliphatic hydroxyl groups excluding tert-OH is 1. The number of aryl methyl sites for hydroxylation is 1. The molecule has 3 N–H and O–H groups in total. The molecule has 0 saturated heterocycles. The van der Waals surface area contributed by atoms with Gasteiger partial charge in [0.2, 0.25) is 0 Å². The summed E-state index contributed by atoms with van der Waals surface area (Å²) in [4.78, 5) is 22.8. The number of amides is 2. The van der Waals surface area contributed by atoms with E-state index in [9.17, 15) is 14.7 Å². The maximum Gasteiger partial charge on any atom is 0.309 e. The molecule has 0 saturated carbocycles. The van der Waals surface area contributed by atoms with E-state index >= 15 is 0 Å². The van der Waals surface area contributed by atoms with Crippen LogP contribution in [0.15, 0.2) is 16.5 Å². The van der Waals surface area contributed by atoms with Gasteiger partial charge in [0.15, 0.2) is 0 Å². The average molecular weight is 268 g/mol. The van der Waals surface area contributed by atoms with Crippen LogP contribution < -0.4 is 10.6 Å². The van der Waals surface area contributed by atoms with Crippen LogP contribution >= 0.6 is 0 Å². The molecule has 1 aromatic rings. The molecule has 0 fully saturated rings. The van der Waals surface area contributed by atoms with Gasteiger partial charge in [-0.15, -0.1) is 0 Å². The van der Waals surface area contributed by atoms with E-state index in [2.05, 4.69) is 10.6 Å². The van der Waals surface area contributed by atoms with Crippen LogP contribution in [0, 0.1) is 12.8 Å². The molecule has 6 nitrogen and oxygen atoms in total. The Labute approximate surface area is 112 Å². The predicted molar refractivity (Wildman–Crippen MR) is 69.3 cm³/mol. The van der Waals surface area contributed by atoms with E-state index in [1.165, 1.54) is 0 Å². The minimum Gasteiger partial charge on any atom is -0.464 e. The molecule has 6 heteroatoms. The molecule has 0 radical (unpaired) electrons. The highest BCUT2D eigenvalue weighted by molar-refractivity contribution is 6.35. The van der Waals surface area contributed by atoms with Crippen molar-refractivity contribution in [3.8, 4) is 0 Å². The van der Waals surface area contributed by atoms with Gasteiger partial charge in [-0.25, -0.2) is 0 Å². The molecule has 0 aliphatic rings. The Morgan fingerprint density at radius 1 is 1.21 bits per heavy atom. The van der Waals surface area contributed by atoms with Crippen molar-refractivity contribution in [1.82, 2.24) is 10.6 Å². The molecule has 1 heterocycles. The van der Waals surface area contributed by atoms with Crippen molar-refractivity contribution in [2.45, 2.75) is 26.9 Å². The first kappa shape index (κ1) is 15.2. The second kappa shape index (κ2) is 6.94. The van der Waals surface area contributed by atoms with Crippen molar-refractivity contribution in [2.24, 2.45) is 5.92 Å². The van der Waals surface area contributed by atoms with E-state index in [1.54, 1.807) is 19.1 Å². The van der Waals surface area contributed by atoms with E-state index < -0.39 is 17.9 Å². The topological polar surface area (TPSA) is 91.6 Å². The van der Waals surface area contributed by atoms with Crippen molar-refractivity contribution in [3.63, 3.8) is 0 Å². The Balaban J connectivity index is 2.35. The van der Waals surface area contributed by atoms with Crippen LogP contribution in [0.1, 0.15) is 31.5 Å². The number of carbonyl (C=O) groups is 2. The van der Waals surface area contributed by atoms with Crippen LogP contribution in [0.25, 0.3) is 0 Å². The molecule has 19 heavy (non-hydrogen) atoms. The second-order valence-electron chi connectivity index (χ2n) is 4.78. The second-order valence-corrected chi connectivity index (χ2v) is 4.78. The van der Waals surface area contributed by atoms with Crippen molar-refractivity contribution in [2.75, 3.05) is 13.1 Å². The summed E-state index contributed by atoms with van der Waals surface area (Å²) < 4.78 is 5.22. The normalized spacial score (nSPS) is 12.3. The highest BCUT2D eigenvalue weighted by Crippen LogP contribution is 2.14.